The van der Waals surface area contributed by atoms with Crippen LogP contribution in [-0.4, -0.2) is 63.4 Å². The smallest absolute Gasteiger partial charge is 0.254 e. The van der Waals surface area contributed by atoms with E-state index in [2.05, 4.69) is 5.10 Å². The quantitative estimate of drug-likeness (QED) is 0.379. The highest BCUT2D eigenvalue weighted by Gasteiger charge is 2.27. The Bertz CT molecular complexity index is 1450. The van der Waals surface area contributed by atoms with Gasteiger partial charge >= 0.3 is 0 Å². The molecule has 0 aliphatic carbocycles. The molecule has 0 saturated carbocycles. The lowest BCUT2D eigenvalue weighted by Crippen LogP contribution is -2.29. The minimum Gasteiger partial charge on any atom is -0.457 e. The van der Waals surface area contributed by atoms with E-state index in [4.69, 9.17) is 15.5 Å². The molecule has 0 radical (unpaired) electrons. The van der Waals surface area contributed by atoms with E-state index in [1.807, 2.05) is 84.6 Å². The number of H-pyrrole nitrogens is 1. The molecule has 4 aromatic rings. The predicted molar refractivity (Wildman–Crippen MR) is 141 cm³/mol. The van der Waals surface area contributed by atoms with E-state index in [-0.39, 0.29) is 5.91 Å². The van der Waals surface area contributed by atoms with E-state index in [1.165, 1.54) is 0 Å². The molecule has 0 atom stereocenters. The number of hydrogen-bond acceptors (Lipinski definition) is 5. The highest BCUT2D eigenvalue weighted by molar-refractivity contribution is 6.04. The molecule has 0 spiro atoms. The van der Waals surface area contributed by atoms with Crippen molar-refractivity contribution >= 4 is 17.5 Å². The second kappa shape index (κ2) is 10.3. The third-order valence-electron chi connectivity index (χ3n) is 6.35. The molecule has 0 saturated heterocycles. The average Bonchev–Trinajstić information content (AvgIpc) is 3.32. The molecule has 5 rings (SSSR count). The third kappa shape index (κ3) is 5.12. The number of aromatic nitrogens is 3. The second-order valence-corrected chi connectivity index (χ2v) is 9.36. The first-order chi connectivity index (χ1) is 17.9. The minimum atomic E-state index is -0.564. The Balaban J connectivity index is 1.46. The Morgan fingerprint density at radius 3 is 2.54 bits per heavy atom. The molecule has 9 nitrogen and oxygen atoms in total. The van der Waals surface area contributed by atoms with Gasteiger partial charge in [0.15, 0.2) is 5.65 Å². The normalized spacial score (nSPS) is 13.8. The highest BCUT2D eigenvalue weighted by Crippen LogP contribution is 2.31. The van der Waals surface area contributed by atoms with Gasteiger partial charge in [-0.25, -0.2) is 9.50 Å². The molecule has 1 aliphatic heterocycles. The summed E-state index contributed by atoms with van der Waals surface area (Å²) in [6.07, 6.45) is 5.00. The van der Waals surface area contributed by atoms with Crippen molar-refractivity contribution in [2.75, 3.05) is 27.2 Å². The summed E-state index contributed by atoms with van der Waals surface area (Å²) in [6, 6.07) is 17.0. The van der Waals surface area contributed by atoms with Crippen molar-refractivity contribution < 1.29 is 14.3 Å². The number of nitrogens with one attached hydrogen (secondary N) is 1. The molecular formula is C28H30N6O3. The predicted octanol–water partition coefficient (Wildman–Crippen LogP) is 3.61. The van der Waals surface area contributed by atoms with Gasteiger partial charge in [-0.1, -0.05) is 24.3 Å². The standard InChI is InChI=1S/C28H30N6O3/c1-32(2)16-7-11-24(35)33-17-6-10-22-23(18-33)34-28(30-22)25(27(29)36)26(31-34)19-12-14-21(15-13-19)37-20-8-4-3-5-9-20/h3-5,7-9,11-15,31H,6,10,16-18H2,1-2H3,(H2,29,36)/b11-7+. The summed E-state index contributed by atoms with van der Waals surface area (Å²) < 4.78 is 7.69. The summed E-state index contributed by atoms with van der Waals surface area (Å²) in [7, 11) is 3.91. The Kier molecular flexibility index (Phi) is 6.78. The first-order valence-corrected chi connectivity index (χ1v) is 12.3. The van der Waals surface area contributed by atoms with Crippen molar-refractivity contribution in [2.24, 2.45) is 5.73 Å². The van der Waals surface area contributed by atoms with Crippen molar-refractivity contribution in [3.63, 3.8) is 0 Å². The molecule has 2 aromatic carbocycles. The maximum absolute atomic E-state index is 12.9. The van der Waals surface area contributed by atoms with Crippen molar-refractivity contribution in [3.05, 3.63) is 83.7 Å². The zero-order valence-electron chi connectivity index (χ0n) is 21.0. The van der Waals surface area contributed by atoms with Gasteiger partial charge in [0.2, 0.25) is 5.91 Å². The molecule has 0 bridgehead atoms. The van der Waals surface area contributed by atoms with Crippen molar-refractivity contribution in [1.82, 2.24) is 24.4 Å². The number of nitrogens with two attached hydrogens (primary N) is 1. The molecular weight excluding hydrogens is 468 g/mol. The van der Waals surface area contributed by atoms with Gasteiger partial charge in [0.25, 0.3) is 5.91 Å². The van der Waals surface area contributed by atoms with Crippen LogP contribution in [0.25, 0.3) is 16.9 Å². The topological polar surface area (TPSA) is 109 Å². The maximum Gasteiger partial charge on any atom is 0.254 e. The van der Waals surface area contributed by atoms with Crippen LogP contribution >= 0.6 is 0 Å². The molecule has 3 heterocycles. The van der Waals surface area contributed by atoms with Gasteiger partial charge < -0.3 is 20.3 Å². The van der Waals surface area contributed by atoms with Gasteiger partial charge in [-0.2, -0.15) is 0 Å². The summed E-state index contributed by atoms with van der Waals surface area (Å²) >= 11 is 0. The van der Waals surface area contributed by atoms with Crippen LogP contribution in [0.2, 0.25) is 0 Å². The SMILES string of the molecule is CN(C)C/C=C/C(=O)N1CCCc2nc3c(C(N)=O)c(-c4ccc(Oc5ccccc5)cc4)[nH]n3c2C1. The van der Waals surface area contributed by atoms with E-state index < -0.39 is 5.91 Å². The number of likely N-dealkylation sites (N-methyl/N-ethyl adjacent to an activating group) is 1. The number of hydrogen-bond donors (Lipinski definition) is 2. The molecule has 0 fully saturated rings. The van der Waals surface area contributed by atoms with Gasteiger partial charge in [-0.05, 0) is 63.3 Å². The van der Waals surface area contributed by atoms with Crippen molar-refractivity contribution in [3.8, 4) is 22.8 Å². The number of para-hydroxylation sites is 1. The minimum absolute atomic E-state index is 0.0411. The van der Waals surface area contributed by atoms with Gasteiger partial charge in [-0.3, -0.25) is 14.7 Å². The Hall–Kier alpha value is -4.37. The van der Waals surface area contributed by atoms with E-state index in [9.17, 15) is 9.59 Å². The van der Waals surface area contributed by atoms with Crippen LogP contribution < -0.4 is 10.5 Å². The number of amides is 2. The molecule has 2 aromatic heterocycles. The summed E-state index contributed by atoms with van der Waals surface area (Å²) in [5.41, 5.74) is 9.73. The van der Waals surface area contributed by atoms with Crippen molar-refractivity contribution in [1.29, 1.82) is 0 Å². The van der Waals surface area contributed by atoms with Gasteiger partial charge in [-0.15, -0.1) is 0 Å². The second-order valence-electron chi connectivity index (χ2n) is 9.36. The fourth-order valence-corrected chi connectivity index (χ4v) is 4.54. The number of nitrogens with zero attached hydrogens (tertiary/aromatic N) is 4. The van der Waals surface area contributed by atoms with Crippen molar-refractivity contribution in [2.45, 2.75) is 19.4 Å². The number of imidazole rings is 1. The third-order valence-corrected chi connectivity index (χ3v) is 6.35. The Labute approximate surface area is 215 Å². The average molecular weight is 499 g/mol. The molecule has 1 aliphatic rings. The highest BCUT2D eigenvalue weighted by atomic mass is 16.5. The molecule has 2 amide bonds. The zero-order chi connectivity index (χ0) is 25.9. The summed E-state index contributed by atoms with van der Waals surface area (Å²) in [4.78, 5) is 34.0. The number of ether oxygens (including phenoxy) is 1. The maximum atomic E-state index is 12.9. The van der Waals surface area contributed by atoms with Crippen LogP contribution in [0.4, 0.5) is 0 Å². The van der Waals surface area contributed by atoms with Gasteiger partial charge in [0.05, 0.1) is 23.6 Å². The van der Waals surface area contributed by atoms with Crippen LogP contribution in [0, 0.1) is 0 Å². The first-order valence-electron chi connectivity index (χ1n) is 12.3. The number of carbonyl (C=O) groups is 2. The van der Waals surface area contributed by atoms with Gasteiger partial charge in [0.1, 0.15) is 17.1 Å². The van der Waals surface area contributed by atoms with Crippen LogP contribution in [0.15, 0.2) is 66.7 Å². The van der Waals surface area contributed by atoms with Crippen LogP contribution in [0.5, 0.6) is 11.5 Å². The van der Waals surface area contributed by atoms with Crippen LogP contribution in [0.1, 0.15) is 28.2 Å². The number of fused-ring (bicyclic) bond motifs is 3. The number of carbonyl (C=O) groups excluding carboxylic acids is 2. The molecule has 3 N–H and O–H groups in total. The number of benzene rings is 2. The molecule has 190 valence electrons. The van der Waals surface area contributed by atoms with Gasteiger partial charge in [0, 0.05) is 24.7 Å². The number of aryl methyl sites for hydroxylation is 1. The van der Waals surface area contributed by atoms with E-state index >= 15 is 0 Å². The summed E-state index contributed by atoms with van der Waals surface area (Å²) in [6.45, 7) is 1.73. The lowest BCUT2D eigenvalue weighted by atomic mass is 10.1. The summed E-state index contributed by atoms with van der Waals surface area (Å²) in [5.74, 6) is 0.813. The van der Waals surface area contributed by atoms with Crippen LogP contribution in [0.3, 0.4) is 0 Å². The van der Waals surface area contributed by atoms with E-state index in [0.29, 0.717) is 42.3 Å². The largest absolute Gasteiger partial charge is 0.457 e. The molecule has 0 unspecified atom stereocenters. The monoisotopic (exact) mass is 498 g/mol. The fourth-order valence-electron chi connectivity index (χ4n) is 4.54. The van der Waals surface area contributed by atoms with E-state index in [0.717, 1.165) is 35.5 Å². The lowest BCUT2D eigenvalue weighted by molar-refractivity contribution is -0.126. The number of aromatic amines is 1. The first kappa shape index (κ1) is 24.3. The molecule has 9 heteroatoms. The fraction of sp³-hybridized carbons (Fsp3) is 0.250. The van der Waals surface area contributed by atoms with E-state index in [1.54, 1.807) is 10.6 Å². The Morgan fingerprint density at radius 2 is 1.84 bits per heavy atom. The van der Waals surface area contributed by atoms with Crippen LogP contribution in [-0.2, 0) is 17.8 Å². The zero-order valence-corrected chi connectivity index (χ0v) is 21.0. The number of rotatable bonds is 7. The lowest BCUT2D eigenvalue weighted by Gasteiger charge is -2.18. The molecule has 37 heavy (non-hydrogen) atoms. The summed E-state index contributed by atoms with van der Waals surface area (Å²) in [5, 5.41) is 3.33. The Morgan fingerprint density at radius 1 is 1.11 bits per heavy atom. The number of primary amides is 1.